The third kappa shape index (κ3) is 4.11. The summed E-state index contributed by atoms with van der Waals surface area (Å²) in [6.07, 6.45) is 0. The Kier molecular flexibility index (Phi) is 6.27. The Balaban J connectivity index is 3.09. The molecule has 1 aromatic rings. The number of amides is 1. The normalized spacial score (nSPS) is 10.1. The van der Waals surface area contributed by atoms with Crippen LogP contribution < -0.4 is 0 Å². The van der Waals surface area contributed by atoms with E-state index < -0.39 is 0 Å². The number of carbonyl (C=O) groups excluding carboxylic acids is 1. The maximum Gasteiger partial charge on any atom is 0.254 e. The molecule has 0 aliphatic rings. The van der Waals surface area contributed by atoms with Crippen molar-refractivity contribution in [2.75, 3.05) is 19.7 Å². The van der Waals surface area contributed by atoms with E-state index >= 15 is 0 Å². The lowest BCUT2D eigenvalue weighted by molar-refractivity contribution is 0.0745. The number of carbonyl (C=O) groups is 1. The second-order valence-corrected chi connectivity index (χ2v) is 5.18. The van der Waals surface area contributed by atoms with Crippen molar-refractivity contribution >= 4 is 5.91 Å². The van der Waals surface area contributed by atoms with Gasteiger partial charge in [0.2, 0.25) is 0 Å². The summed E-state index contributed by atoms with van der Waals surface area (Å²) in [5.74, 6) is 6.00. The highest BCUT2D eigenvalue weighted by molar-refractivity contribution is 5.96. The van der Waals surface area contributed by atoms with Crippen molar-refractivity contribution in [1.82, 2.24) is 4.90 Å². The molecule has 0 radical (unpaired) electrons. The van der Waals surface area contributed by atoms with Crippen LogP contribution in [0.4, 0.5) is 0 Å². The van der Waals surface area contributed by atoms with Gasteiger partial charge in [0, 0.05) is 24.2 Å². The van der Waals surface area contributed by atoms with Crippen LogP contribution in [0.1, 0.15) is 42.3 Å². The molecular formula is C17H23NO2. The van der Waals surface area contributed by atoms with Gasteiger partial charge >= 0.3 is 0 Å². The Morgan fingerprint density at radius 1 is 1.40 bits per heavy atom. The van der Waals surface area contributed by atoms with E-state index in [2.05, 4.69) is 25.7 Å². The number of hydrogen-bond acceptors (Lipinski definition) is 2. The van der Waals surface area contributed by atoms with Gasteiger partial charge < -0.3 is 10.0 Å². The van der Waals surface area contributed by atoms with Crippen LogP contribution in [0.15, 0.2) is 18.2 Å². The molecule has 0 heterocycles. The largest absolute Gasteiger partial charge is 0.384 e. The van der Waals surface area contributed by atoms with Crippen LogP contribution in [-0.4, -0.2) is 35.6 Å². The highest BCUT2D eigenvalue weighted by Crippen LogP contribution is 2.16. The van der Waals surface area contributed by atoms with Crippen LogP contribution in [0.5, 0.6) is 0 Å². The summed E-state index contributed by atoms with van der Waals surface area (Å²) in [6.45, 7) is 9.37. The highest BCUT2D eigenvalue weighted by Gasteiger charge is 2.17. The molecule has 0 aliphatic heterocycles. The van der Waals surface area contributed by atoms with Gasteiger partial charge in [-0.3, -0.25) is 4.79 Å². The van der Waals surface area contributed by atoms with Gasteiger partial charge in [0.15, 0.2) is 0 Å². The molecule has 0 saturated heterocycles. The second kappa shape index (κ2) is 7.72. The maximum absolute atomic E-state index is 12.6. The van der Waals surface area contributed by atoms with E-state index in [1.165, 1.54) is 0 Å². The van der Waals surface area contributed by atoms with Crippen molar-refractivity contribution in [3.8, 4) is 11.8 Å². The molecular weight excluding hydrogens is 250 g/mol. The van der Waals surface area contributed by atoms with Crippen LogP contribution in [0, 0.1) is 24.7 Å². The zero-order chi connectivity index (χ0) is 15.1. The number of nitrogens with zero attached hydrogens (tertiary/aromatic N) is 1. The Morgan fingerprint density at radius 3 is 2.65 bits per heavy atom. The predicted molar refractivity (Wildman–Crippen MR) is 81.6 cm³/mol. The molecule has 0 saturated carbocycles. The maximum atomic E-state index is 12.6. The molecule has 0 atom stereocenters. The molecule has 1 amide bonds. The Labute approximate surface area is 121 Å². The lowest BCUT2D eigenvalue weighted by Gasteiger charge is -2.24. The molecule has 1 N–H and O–H groups in total. The van der Waals surface area contributed by atoms with Gasteiger partial charge in [-0.25, -0.2) is 0 Å². The van der Waals surface area contributed by atoms with Crippen LogP contribution in [0.2, 0.25) is 0 Å². The van der Waals surface area contributed by atoms with Gasteiger partial charge in [-0.15, -0.1) is 0 Å². The fourth-order valence-electron chi connectivity index (χ4n) is 2.10. The Hall–Kier alpha value is -1.79. The smallest absolute Gasteiger partial charge is 0.254 e. The molecule has 20 heavy (non-hydrogen) atoms. The number of aliphatic hydroxyl groups excluding tert-OH is 1. The van der Waals surface area contributed by atoms with Crippen molar-refractivity contribution in [2.45, 2.75) is 27.7 Å². The van der Waals surface area contributed by atoms with E-state index in [1.54, 1.807) is 0 Å². The highest BCUT2D eigenvalue weighted by atomic mass is 16.2. The van der Waals surface area contributed by atoms with E-state index in [9.17, 15) is 4.79 Å². The van der Waals surface area contributed by atoms with Crippen molar-refractivity contribution < 1.29 is 9.90 Å². The first-order valence-electron chi connectivity index (χ1n) is 6.99. The van der Waals surface area contributed by atoms with Gasteiger partial charge in [0.25, 0.3) is 5.91 Å². The minimum absolute atomic E-state index is 0.0475. The fourth-order valence-corrected chi connectivity index (χ4v) is 2.10. The molecule has 3 heteroatoms. The number of aliphatic hydroxyl groups is 1. The average molecular weight is 273 g/mol. The molecule has 1 rings (SSSR count). The van der Waals surface area contributed by atoms with E-state index in [1.807, 2.05) is 36.9 Å². The SMILES string of the molecule is CCN(CC(C)C)C(=O)c1cccc(C#CCO)c1C. The van der Waals surface area contributed by atoms with E-state index in [0.717, 1.165) is 17.7 Å². The Bertz CT molecular complexity index is 524. The zero-order valence-corrected chi connectivity index (χ0v) is 12.7. The first kappa shape index (κ1) is 16.3. The van der Waals surface area contributed by atoms with Crippen LogP contribution in [0.25, 0.3) is 0 Å². The number of benzene rings is 1. The van der Waals surface area contributed by atoms with Crippen molar-refractivity contribution in [1.29, 1.82) is 0 Å². The molecule has 0 bridgehead atoms. The first-order chi connectivity index (χ1) is 9.51. The summed E-state index contributed by atoms with van der Waals surface area (Å²) < 4.78 is 0. The summed E-state index contributed by atoms with van der Waals surface area (Å²) in [5.41, 5.74) is 2.36. The minimum atomic E-state index is -0.175. The third-order valence-electron chi connectivity index (χ3n) is 3.12. The Morgan fingerprint density at radius 2 is 2.10 bits per heavy atom. The predicted octanol–water partition coefficient (Wildman–Crippen LogP) is 2.46. The molecule has 0 aromatic heterocycles. The molecule has 108 valence electrons. The van der Waals surface area contributed by atoms with Crippen LogP contribution >= 0.6 is 0 Å². The van der Waals surface area contributed by atoms with Gasteiger partial charge in [0.1, 0.15) is 6.61 Å². The monoisotopic (exact) mass is 273 g/mol. The average Bonchev–Trinajstić information content (AvgIpc) is 2.42. The van der Waals surface area contributed by atoms with Crippen molar-refractivity contribution in [3.63, 3.8) is 0 Å². The number of rotatable bonds is 4. The van der Waals surface area contributed by atoms with Gasteiger partial charge in [-0.1, -0.05) is 31.8 Å². The van der Waals surface area contributed by atoms with Crippen molar-refractivity contribution in [3.05, 3.63) is 34.9 Å². The second-order valence-electron chi connectivity index (χ2n) is 5.18. The summed E-state index contributed by atoms with van der Waals surface area (Å²) in [4.78, 5) is 14.4. The minimum Gasteiger partial charge on any atom is -0.384 e. The van der Waals surface area contributed by atoms with E-state index in [0.29, 0.717) is 18.0 Å². The van der Waals surface area contributed by atoms with Crippen LogP contribution in [0.3, 0.4) is 0 Å². The quantitative estimate of drug-likeness (QED) is 0.856. The molecule has 0 unspecified atom stereocenters. The topological polar surface area (TPSA) is 40.5 Å². The fraction of sp³-hybridized carbons (Fsp3) is 0.471. The first-order valence-corrected chi connectivity index (χ1v) is 6.99. The molecule has 0 spiro atoms. The summed E-state index contributed by atoms with van der Waals surface area (Å²) in [7, 11) is 0. The van der Waals surface area contributed by atoms with Crippen molar-refractivity contribution in [2.24, 2.45) is 5.92 Å². The van der Waals surface area contributed by atoms with Gasteiger partial charge in [-0.2, -0.15) is 0 Å². The van der Waals surface area contributed by atoms with Crippen LogP contribution in [-0.2, 0) is 0 Å². The molecule has 0 aliphatic carbocycles. The lowest BCUT2D eigenvalue weighted by Crippen LogP contribution is -2.34. The summed E-state index contributed by atoms with van der Waals surface area (Å²) >= 11 is 0. The van der Waals surface area contributed by atoms with E-state index in [4.69, 9.17) is 5.11 Å². The molecule has 3 nitrogen and oxygen atoms in total. The summed E-state index contributed by atoms with van der Waals surface area (Å²) in [6, 6.07) is 5.54. The third-order valence-corrected chi connectivity index (χ3v) is 3.12. The van der Waals surface area contributed by atoms with E-state index in [-0.39, 0.29) is 12.5 Å². The number of hydrogen-bond donors (Lipinski definition) is 1. The van der Waals surface area contributed by atoms with Gasteiger partial charge in [0.05, 0.1) is 0 Å². The zero-order valence-electron chi connectivity index (χ0n) is 12.7. The summed E-state index contributed by atoms with van der Waals surface area (Å²) in [5, 5.41) is 8.77. The molecule has 1 aromatic carbocycles. The standard InChI is InChI=1S/C17H23NO2/c1-5-18(12-13(2)3)17(20)16-10-6-8-15(14(16)4)9-7-11-19/h6,8,10,13,19H,5,11-12H2,1-4H3. The van der Waals surface area contributed by atoms with Gasteiger partial charge in [-0.05, 0) is 37.5 Å². The molecule has 0 fully saturated rings. The lowest BCUT2D eigenvalue weighted by atomic mass is 10.0.